The fourth-order valence-corrected chi connectivity index (χ4v) is 3.96. The van der Waals surface area contributed by atoms with Crippen LogP contribution in [-0.4, -0.2) is 29.9 Å². The molecule has 144 valence electrons. The molecule has 0 bridgehead atoms. The van der Waals surface area contributed by atoms with Gasteiger partial charge >= 0.3 is 0 Å². The second kappa shape index (κ2) is 8.29. The predicted octanol–water partition coefficient (Wildman–Crippen LogP) is 3.95. The highest BCUT2D eigenvalue weighted by molar-refractivity contribution is 9.10. The summed E-state index contributed by atoms with van der Waals surface area (Å²) < 4.78 is 6.26. The molecule has 0 spiro atoms. The average Bonchev–Trinajstić information content (AvgIpc) is 2.71. The van der Waals surface area contributed by atoms with Gasteiger partial charge in [-0.1, -0.05) is 46.3 Å². The summed E-state index contributed by atoms with van der Waals surface area (Å²) in [7, 11) is 0. The molecule has 1 N–H and O–H groups in total. The molecule has 0 aliphatic carbocycles. The van der Waals surface area contributed by atoms with Crippen molar-refractivity contribution in [3.63, 3.8) is 0 Å². The summed E-state index contributed by atoms with van der Waals surface area (Å²) in [4.78, 5) is 27.7. The Morgan fingerprint density at radius 1 is 1.14 bits per heavy atom. The van der Waals surface area contributed by atoms with Crippen molar-refractivity contribution in [3.8, 4) is 0 Å². The molecule has 0 saturated carbocycles. The van der Waals surface area contributed by atoms with E-state index in [1.807, 2.05) is 6.07 Å². The summed E-state index contributed by atoms with van der Waals surface area (Å²) >= 11 is 3.35. The second-order valence-electron chi connectivity index (χ2n) is 7.13. The molecule has 1 amide bonds. The molecule has 1 aliphatic rings. The van der Waals surface area contributed by atoms with Gasteiger partial charge in [-0.25, -0.2) is 0 Å². The van der Waals surface area contributed by atoms with Gasteiger partial charge in [-0.05, 0) is 36.6 Å². The van der Waals surface area contributed by atoms with Crippen LogP contribution in [0.5, 0.6) is 0 Å². The molecule has 3 aromatic rings. The van der Waals surface area contributed by atoms with E-state index in [0.29, 0.717) is 11.0 Å². The Morgan fingerprint density at radius 3 is 2.64 bits per heavy atom. The second-order valence-corrected chi connectivity index (χ2v) is 8.04. The first-order valence-electron chi connectivity index (χ1n) is 9.38. The van der Waals surface area contributed by atoms with Crippen LogP contribution < -0.4 is 10.7 Å². The van der Waals surface area contributed by atoms with Gasteiger partial charge in [0.25, 0.3) is 5.91 Å². The van der Waals surface area contributed by atoms with Crippen molar-refractivity contribution in [1.82, 2.24) is 10.2 Å². The largest absolute Gasteiger partial charge is 0.463 e. The number of likely N-dealkylation sites (tertiary alicyclic amines) is 1. The maximum Gasteiger partial charge on any atom is 0.258 e. The van der Waals surface area contributed by atoms with Crippen molar-refractivity contribution < 1.29 is 9.21 Å². The van der Waals surface area contributed by atoms with Crippen LogP contribution in [0.25, 0.3) is 11.0 Å². The Morgan fingerprint density at radius 2 is 1.89 bits per heavy atom. The standard InChI is InChI=1S/C22H21BrN2O3/c23-16-6-7-20-18(12-16)21(26)19(14-28-20)22(27)24-17-8-10-25(11-9-17)13-15-4-2-1-3-5-15/h1-7,12,14,17H,8-11,13H2,(H,24,27). The van der Waals surface area contributed by atoms with Gasteiger partial charge in [-0.3, -0.25) is 14.5 Å². The third-order valence-electron chi connectivity index (χ3n) is 5.15. The molecule has 2 heterocycles. The molecule has 0 atom stereocenters. The number of hydrogen-bond donors (Lipinski definition) is 1. The lowest BCUT2D eigenvalue weighted by Gasteiger charge is -2.32. The highest BCUT2D eigenvalue weighted by atomic mass is 79.9. The van der Waals surface area contributed by atoms with Gasteiger partial charge in [0.05, 0.1) is 5.39 Å². The number of amides is 1. The minimum absolute atomic E-state index is 0.0531. The zero-order valence-electron chi connectivity index (χ0n) is 15.4. The number of carbonyl (C=O) groups is 1. The van der Waals surface area contributed by atoms with Crippen LogP contribution in [0.1, 0.15) is 28.8 Å². The number of piperidine rings is 1. The molecule has 0 radical (unpaired) electrons. The van der Waals surface area contributed by atoms with Crippen LogP contribution in [0.3, 0.4) is 0 Å². The van der Waals surface area contributed by atoms with Crippen LogP contribution in [-0.2, 0) is 6.54 Å². The lowest BCUT2D eigenvalue weighted by atomic mass is 10.0. The van der Waals surface area contributed by atoms with Gasteiger partial charge < -0.3 is 9.73 Å². The zero-order chi connectivity index (χ0) is 19.5. The Labute approximate surface area is 171 Å². The van der Waals surface area contributed by atoms with Gasteiger partial charge in [-0.2, -0.15) is 0 Å². The highest BCUT2D eigenvalue weighted by Gasteiger charge is 2.23. The molecular formula is C22H21BrN2O3. The fraction of sp³-hybridized carbons (Fsp3) is 0.273. The number of hydrogen-bond acceptors (Lipinski definition) is 4. The maximum absolute atomic E-state index is 12.7. The average molecular weight is 441 g/mol. The SMILES string of the molecule is O=C(NC1CCN(Cc2ccccc2)CC1)c1coc2ccc(Br)cc2c1=O. The van der Waals surface area contributed by atoms with Crippen molar-refractivity contribution in [2.45, 2.75) is 25.4 Å². The van der Waals surface area contributed by atoms with E-state index in [4.69, 9.17) is 4.42 Å². The third kappa shape index (κ3) is 4.18. The van der Waals surface area contributed by atoms with E-state index in [9.17, 15) is 9.59 Å². The van der Waals surface area contributed by atoms with Crippen molar-refractivity contribution in [2.75, 3.05) is 13.1 Å². The Balaban J connectivity index is 1.39. The Bertz CT molecular complexity index is 1040. The minimum Gasteiger partial charge on any atom is -0.463 e. The maximum atomic E-state index is 12.7. The molecule has 28 heavy (non-hydrogen) atoms. The molecule has 2 aromatic carbocycles. The molecule has 0 unspecified atom stereocenters. The van der Waals surface area contributed by atoms with Crippen molar-refractivity contribution in [1.29, 1.82) is 0 Å². The van der Waals surface area contributed by atoms with E-state index < -0.39 is 0 Å². The van der Waals surface area contributed by atoms with Crippen molar-refractivity contribution in [2.24, 2.45) is 0 Å². The summed E-state index contributed by atoms with van der Waals surface area (Å²) in [5, 5.41) is 3.40. The van der Waals surface area contributed by atoms with Gasteiger partial charge in [0, 0.05) is 30.1 Å². The predicted molar refractivity (Wildman–Crippen MR) is 112 cm³/mol. The van der Waals surface area contributed by atoms with Crippen LogP contribution in [0, 0.1) is 0 Å². The third-order valence-corrected chi connectivity index (χ3v) is 5.64. The minimum atomic E-state index is -0.364. The Kier molecular flexibility index (Phi) is 5.59. The van der Waals surface area contributed by atoms with Crippen LogP contribution in [0.15, 0.2) is 68.5 Å². The number of carbonyl (C=O) groups excluding carboxylic acids is 1. The van der Waals surface area contributed by atoms with E-state index in [-0.39, 0.29) is 22.9 Å². The van der Waals surface area contributed by atoms with E-state index in [2.05, 4.69) is 50.4 Å². The van der Waals surface area contributed by atoms with Gasteiger partial charge in [0.15, 0.2) is 0 Å². The lowest BCUT2D eigenvalue weighted by Crippen LogP contribution is -2.45. The lowest BCUT2D eigenvalue weighted by molar-refractivity contribution is 0.0906. The summed E-state index contributed by atoms with van der Waals surface area (Å²) in [6.07, 6.45) is 2.99. The first kappa shape index (κ1) is 18.9. The topological polar surface area (TPSA) is 62.6 Å². The molecule has 5 nitrogen and oxygen atoms in total. The molecule has 1 aliphatic heterocycles. The molecule has 6 heteroatoms. The van der Waals surface area contributed by atoms with E-state index in [1.165, 1.54) is 11.8 Å². The monoisotopic (exact) mass is 440 g/mol. The van der Waals surface area contributed by atoms with Gasteiger partial charge in [-0.15, -0.1) is 0 Å². The van der Waals surface area contributed by atoms with Crippen LogP contribution in [0.4, 0.5) is 0 Å². The first-order valence-corrected chi connectivity index (χ1v) is 10.2. The summed E-state index contributed by atoms with van der Waals surface area (Å²) in [5.41, 5.74) is 1.52. The first-order chi connectivity index (χ1) is 13.6. The van der Waals surface area contributed by atoms with Crippen LogP contribution in [0.2, 0.25) is 0 Å². The van der Waals surface area contributed by atoms with Crippen LogP contribution >= 0.6 is 15.9 Å². The molecule has 1 fully saturated rings. The summed E-state index contributed by atoms with van der Waals surface area (Å²) in [5.74, 6) is -0.364. The number of fused-ring (bicyclic) bond motifs is 1. The zero-order valence-corrected chi connectivity index (χ0v) is 16.9. The number of nitrogens with zero attached hydrogens (tertiary/aromatic N) is 1. The molecular weight excluding hydrogens is 420 g/mol. The number of nitrogens with one attached hydrogen (secondary N) is 1. The normalized spacial score (nSPS) is 15.6. The van der Waals surface area contributed by atoms with Crippen molar-refractivity contribution >= 4 is 32.8 Å². The number of benzene rings is 2. The molecule has 4 rings (SSSR count). The number of halogens is 1. The quantitative estimate of drug-likeness (QED) is 0.666. The summed E-state index contributed by atoms with van der Waals surface area (Å²) in [6.45, 7) is 2.75. The van der Waals surface area contributed by atoms with Gasteiger partial charge in [0.2, 0.25) is 5.43 Å². The smallest absolute Gasteiger partial charge is 0.258 e. The highest BCUT2D eigenvalue weighted by Crippen LogP contribution is 2.18. The van der Waals surface area contributed by atoms with E-state index in [1.54, 1.807) is 18.2 Å². The summed E-state index contributed by atoms with van der Waals surface area (Å²) in [6, 6.07) is 15.6. The van der Waals surface area contributed by atoms with Gasteiger partial charge in [0.1, 0.15) is 17.4 Å². The number of rotatable bonds is 4. The Hall–Kier alpha value is -2.44. The van der Waals surface area contributed by atoms with Crippen molar-refractivity contribution in [3.05, 3.63) is 80.6 Å². The van der Waals surface area contributed by atoms with E-state index >= 15 is 0 Å². The molecule has 1 aromatic heterocycles. The fourth-order valence-electron chi connectivity index (χ4n) is 3.60. The molecule has 1 saturated heterocycles. The van der Waals surface area contributed by atoms with E-state index in [0.717, 1.165) is 36.9 Å².